The number of cyclic esters (lactones) is 1. The molecule has 2 amide bonds. The van der Waals surface area contributed by atoms with Gasteiger partial charge >= 0.3 is 6.09 Å². The summed E-state index contributed by atoms with van der Waals surface area (Å²) in [5.74, 6) is 0.555. The first-order valence-electron chi connectivity index (χ1n) is 7.85. The highest BCUT2D eigenvalue weighted by molar-refractivity contribution is 5.93. The van der Waals surface area contributed by atoms with Crippen LogP contribution in [0.2, 0.25) is 0 Å². The van der Waals surface area contributed by atoms with Crippen molar-refractivity contribution in [3.8, 4) is 5.75 Å². The number of rotatable bonds is 5. The summed E-state index contributed by atoms with van der Waals surface area (Å²) < 4.78 is 10.2. The fourth-order valence-corrected chi connectivity index (χ4v) is 2.78. The molecular weight excluding hydrogens is 306 g/mol. The summed E-state index contributed by atoms with van der Waals surface area (Å²) >= 11 is 0. The van der Waals surface area contributed by atoms with Crippen LogP contribution in [-0.4, -0.2) is 30.6 Å². The van der Waals surface area contributed by atoms with Crippen LogP contribution in [0.4, 0.5) is 4.79 Å². The maximum absolute atomic E-state index is 12.5. The van der Waals surface area contributed by atoms with E-state index in [0.29, 0.717) is 6.42 Å². The van der Waals surface area contributed by atoms with Gasteiger partial charge in [0, 0.05) is 6.42 Å². The van der Waals surface area contributed by atoms with Crippen LogP contribution in [-0.2, 0) is 16.0 Å². The fraction of sp³-hybridized carbons (Fsp3) is 0.263. The van der Waals surface area contributed by atoms with Crippen molar-refractivity contribution in [3.05, 3.63) is 65.7 Å². The highest BCUT2D eigenvalue weighted by atomic mass is 16.6. The van der Waals surface area contributed by atoms with Crippen molar-refractivity contribution < 1.29 is 19.1 Å². The predicted molar refractivity (Wildman–Crippen MR) is 88.7 cm³/mol. The van der Waals surface area contributed by atoms with E-state index >= 15 is 0 Å². The van der Waals surface area contributed by atoms with Gasteiger partial charge in [-0.3, -0.25) is 4.79 Å². The molecule has 2 aromatic rings. The highest BCUT2D eigenvalue weighted by Gasteiger charge is 2.38. The van der Waals surface area contributed by atoms with Crippen molar-refractivity contribution in [2.45, 2.75) is 18.9 Å². The molecule has 3 rings (SSSR count). The van der Waals surface area contributed by atoms with E-state index in [0.717, 1.165) is 16.9 Å². The zero-order chi connectivity index (χ0) is 16.9. The topological polar surface area (TPSA) is 55.8 Å². The molecule has 0 aromatic heterocycles. The predicted octanol–water partition coefficient (Wildman–Crippen LogP) is 3.35. The van der Waals surface area contributed by atoms with Gasteiger partial charge in [0.05, 0.1) is 7.11 Å². The largest absolute Gasteiger partial charge is 0.497 e. The van der Waals surface area contributed by atoms with Crippen LogP contribution in [0, 0.1) is 0 Å². The Bertz CT molecular complexity index is 712. The van der Waals surface area contributed by atoms with Gasteiger partial charge in [-0.25, -0.2) is 9.69 Å². The summed E-state index contributed by atoms with van der Waals surface area (Å²) in [5.41, 5.74) is 1.93. The minimum atomic E-state index is -0.566. The van der Waals surface area contributed by atoms with Gasteiger partial charge in [0.15, 0.2) is 0 Å². The Morgan fingerprint density at radius 3 is 2.54 bits per heavy atom. The molecule has 1 aliphatic heterocycles. The molecule has 5 nitrogen and oxygen atoms in total. The second-order valence-electron chi connectivity index (χ2n) is 5.62. The number of amides is 2. The molecule has 1 atom stereocenters. The third-order valence-corrected chi connectivity index (χ3v) is 4.11. The van der Waals surface area contributed by atoms with E-state index < -0.39 is 6.09 Å². The molecule has 0 aliphatic carbocycles. The van der Waals surface area contributed by atoms with Gasteiger partial charge in [-0.05, 0) is 29.7 Å². The van der Waals surface area contributed by atoms with E-state index in [1.165, 1.54) is 4.90 Å². The van der Waals surface area contributed by atoms with E-state index in [4.69, 9.17) is 9.47 Å². The van der Waals surface area contributed by atoms with Crippen molar-refractivity contribution in [1.29, 1.82) is 0 Å². The number of nitrogens with zero attached hydrogens (tertiary/aromatic N) is 1. The third kappa shape index (κ3) is 3.40. The summed E-state index contributed by atoms with van der Waals surface area (Å²) in [6.45, 7) is 0.205. The van der Waals surface area contributed by atoms with Crippen LogP contribution in [0.25, 0.3) is 0 Å². The molecule has 0 spiro atoms. The molecule has 0 saturated carbocycles. The lowest BCUT2D eigenvalue weighted by molar-refractivity contribution is -0.129. The van der Waals surface area contributed by atoms with E-state index in [-0.39, 0.29) is 25.0 Å². The fourth-order valence-electron chi connectivity index (χ4n) is 2.78. The molecule has 0 radical (unpaired) electrons. The van der Waals surface area contributed by atoms with Crippen LogP contribution in [0.15, 0.2) is 54.6 Å². The number of aryl methyl sites for hydroxylation is 1. The molecule has 1 fully saturated rings. The number of carbonyl (C=O) groups excluding carboxylic acids is 2. The Kier molecular flexibility index (Phi) is 4.79. The Morgan fingerprint density at radius 1 is 1.17 bits per heavy atom. The van der Waals surface area contributed by atoms with Gasteiger partial charge in [-0.2, -0.15) is 0 Å². The Balaban J connectivity index is 1.67. The minimum Gasteiger partial charge on any atom is -0.497 e. The first-order chi connectivity index (χ1) is 11.7. The first-order valence-corrected chi connectivity index (χ1v) is 7.85. The molecule has 1 heterocycles. The molecule has 0 bridgehead atoms. The normalized spacial score (nSPS) is 16.8. The lowest BCUT2D eigenvalue weighted by atomic mass is 10.1. The summed E-state index contributed by atoms with van der Waals surface area (Å²) in [7, 11) is 1.61. The van der Waals surface area contributed by atoms with Gasteiger partial charge in [0.2, 0.25) is 5.91 Å². The van der Waals surface area contributed by atoms with Crippen molar-refractivity contribution in [1.82, 2.24) is 4.90 Å². The number of carbonyl (C=O) groups is 2. The zero-order valence-electron chi connectivity index (χ0n) is 13.5. The summed E-state index contributed by atoms with van der Waals surface area (Å²) in [5, 5.41) is 0. The van der Waals surface area contributed by atoms with Crippen LogP contribution in [0.3, 0.4) is 0 Å². The van der Waals surface area contributed by atoms with Crippen LogP contribution >= 0.6 is 0 Å². The number of ether oxygens (including phenoxy) is 2. The van der Waals surface area contributed by atoms with E-state index in [1.54, 1.807) is 7.11 Å². The quantitative estimate of drug-likeness (QED) is 0.846. The maximum atomic E-state index is 12.5. The Hall–Kier alpha value is -2.82. The van der Waals surface area contributed by atoms with Crippen molar-refractivity contribution in [2.75, 3.05) is 13.7 Å². The second-order valence-corrected chi connectivity index (χ2v) is 5.62. The first kappa shape index (κ1) is 16.1. The summed E-state index contributed by atoms with van der Waals surface area (Å²) in [6, 6.07) is 16.7. The maximum Gasteiger partial charge on any atom is 0.417 e. The summed E-state index contributed by atoms with van der Waals surface area (Å²) in [4.78, 5) is 25.7. The van der Waals surface area contributed by atoms with Crippen LogP contribution in [0.1, 0.15) is 23.6 Å². The SMILES string of the molecule is COc1ccc(CCC(=O)N2C(=O)OC[C@@H]2c2ccccc2)cc1. The Morgan fingerprint density at radius 2 is 1.88 bits per heavy atom. The molecule has 1 saturated heterocycles. The van der Waals surface area contributed by atoms with E-state index in [2.05, 4.69) is 0 Å². The summed E-state index contributed by atoms with van der Waals surface area (Å²) in [6.07, 6.45) is 0.252. The minimum absolute atomic E-state index is 0.205. The zero-order valence-corrected chi connectivity index (χ0v) is 13.5. The van der Waals surface area contributed by atoms with Crippen molar-refractivity contribution in [3.63, 3.8) is 0 Å². The lowest BCUT2D eigenvalue weighted by Crippen LogP contribution is -2.34. The lowest BCUT2D eigenvalue weighted by Gasteiger charge is -2.19. The van der Waals surface area contributed by atoms with Gasteiger partial charge < -0.3 is 9.47 Å². The van der Waals surface area contributed by atoms with Gasteiger partial charge in [-0.15, -0.1) is 0 Å². The molecule has 1 aliphatic rings. The smallest absolute Gasteiger partial charge is 0.417 e. The standard InChI is InChI=1S/C19H19NO4/c1-23-16-10-7-14(8-11-16)9-12-18(21)20-17(13-24-19(20)22)15-5-3-2-4-6-15/h2-8,10-11,17H,9,12-13H2,1H3/t17-/m1/s1. The number of benzene rings is 2. The molecule has 0 unspecified atom stereocenters. The molecule has 5 heteroatoms. The number of imide groups is 1. The molecule has 124 valence electrons. The van der Waals surface area contributed by atoms with E-state index in [1.807, 2.05) is 54.6 Å². The second kappa shape index (κ2) is 7.17. The molecule has 24 heavy (non-hydrogen) atoms. The number of hydrogen-bond donors (Lipinski definition) is 0. The molecule has 0 N–H and O–H groups in total. The van der Waals surface area contributed by atoms with Crippen LogP contribution in [0.5, 0.6) is 5.75 Å². The van der Waals surface area contributed by atoms with Crippen molar-refractivity contribution >= 4 is 12.0 Å². The molecule has 2 aromatic carbocycles. The van der Waals surface area contributed by atoms with Crippen LogP contribution < -0.4 is 4.74 Å². The van der Waals surface area contributed by atoms with Gasteiger partial charge in [0.1, 0.15) is 18.4 Å². The highest BCUT2D eigenvalue weighted by Crippen LogP contribution is 2.28. The third-order valence-electron chi connectivity index (χ3n) is 4.11. The monoisotopic (exact) mass is 325 g/mol. The Labute approximate surface area is 140 Å². The van der Waals surface area contributed by atoms with Gasteiger partial charge in [0.25, 0.3) is 0 Å². The van der Waals surface area contributed by atoms with Crippen molar-refractivity contribution in [2.24, 2.45) is 0 Å². The van der Waals surface area contributed by atoms with E-state index in [9.17, 15) is 9.59 Å². The average molecular weight is 325 g/mol. The molecular formula is C19H19NO4. The van der Waals surface area contributed by atoms with Gasteiger partial charge in [-0.1, -0.05) is 42.5 Å². The average Bonchev–Trinajstić information content (AvgIpc) is 3.02. The number of hydrogen-bond acceptors (Lipinski definition) is 4. The number of methoxy groups -OCH3 is 1.